The Bertz CT molecular complexity index is 1430. The van der Waals surface area contributed by atoms with Crippen LogP contribution >= 0.6 is 0 Å². The summed E-state index contributed by atoms with van der Waals surface area (Å²) in [6.45, 7) is -0.0173. The number of rotatable bonds is 5. The molecule has 0 aliphatic carbocycles. The van der Waals surface area contributed by atoms with Crippen LogP contribution in [0.15, 0.2) is 52.3 Å². The van der Waals surface area contributed by atoms with Crippen molar-refractivity contribution >= 4 is 17.3 Å². The van der Waals surface area contributed by atoms with Crippen LogP contribution in [0.3, 0.4) is 0 Å². The topological polar surface area (TPSA) is 101 Å². The highest BCUT2D eigenvalue weighted by Gasteiger charge is 2.38. The van der Waals surface area contributed by atoms with Gasteiger partial charge >= 0.3 is 6.18 Å². The summed E-state index contributed by atoms with van der Waals surface area (Å²) < 4.78 is 70.5. The van der Waals surface area contributed by atoms with E-state index in [9.17, 15) is 31.9 Å². The van der Waals surface area contributed by atoms with Crippen molar-refractivity contribution in [1.29, 1.82) is 0 Å². The Labute approximate surface area is 206 Å². The van der Waals surface area contributed by atoms with Gasteiger partial charge in [-0.3, -0.25) is 14.4 Å². The van der Waals surface area contributed by atoms with E-state index in [-0.39, 0.29) is 41.7 Å². The summed E-state index contributed by atoms with van der Waals surface area (Å²) in [6.07, 6.45) is -4.42. The Morgan fingerprint density at radius 3 is 2.35 bits per heavy atom. The molecule has 4 rings (SSSR count). The van der Waals surface area contributed by atoms with E-state index in [0.29, 0.717) is 6.20 Å². The monoisotopic (exact) mass is 523 g/mol. The molecule has 1 aliphatic rings. The van der Waals surface area contributed by atoms with Crippen LogP contribution in [0.2, 0.25) is 0 Å². The molecule has 3 N–H and O–H groups in total. The van der Waals surface area contributed by atoms with Gasteiger partial charge in [-0.2, -0.15) is 13.2 Å². The largest absolute Gasteiger partial charge is 0.417 e. The number of halogens is 5. The second kappa shape index (κ2) is 9.81. The molecule has 0 spiro atoms. The minimum absolute atomic E-state index is 0.0593. The molecule has 3 heterocycles. The van der Waals surface area contributed by atoms with Gasteiger partial charge in [0.2, 0.25) is 11.1 Å². The molecular formula is C24H22F5N5O3. The van der Waals surface area contributed by atoms with Crippen molar-refractivity contribution in [3.8, 4) is 11.1 Å². The van der Waals surface area contributed by atoms with Gasteiger partial charge in [-0.25, -0.2) is 8.78 Å². The van der Waals surface area contributed by atoms with Crippen molar-refractivity contribution < 1.29 is 26.7 Å². The molecule has 37 heavy (non-hydrogen) atoms. The standard InChI is InChI=1S/C24H22F5N5O3/c1-33(2)20-11-34(10-17(20)26)19-7-16(25)13(12-3-4-21(35)30-8-12)5-18(19)32-23(37)14-9-31-22(36)6-15(14)24(27,28)29/h3-9,17,20H,10-11H2,1-2H3,(H,30,35)(H,31,36)(H,32,37). The lowest BCUT2D eigenvalue weighted by atomic mass is 10.0. The van der Waals surface area contributed by atoms with E-state index >= 15 is 4.39 Å². The van der Waals surface area contributed by atoms with Gasteiger partial charge in [-0.1, -0.05) is 0 Å². The third kappa shape index (κ3) is 5.40. The Morgan fingerprint density at radius 2 is 1.76 bits per heavy atom. The SMILES string of the molecule is CN(C)C1CN(c2cc(F)c(-c3ccc(=O)[nH]c3)cc2NC(=O)c2c[nH]c(=O)cc2C(F)(F)F)CC1F. The maximum absolute atomic E-state index is 15.2. The number of likely N-dealkylation sites (N-methyl/N-ethyl adjacent to an activating group) is 1. The molecule has 0 radical (unpaired) electrons. The molecule has 0 saturated carbocycles. The van der Waals surface area contributed by atoms with Crippen LogP contribution in [0.1, 0.15) is 15.9 Å². The molecule has 8 nitrogen and oxygen atoms in total. The van der Waals surface area contributed by atoms with Crippen molar-refractivity contribution in [3.05, 3.63) is 80.4 Å². The number of nitrogens with zero attached hydrogens (tertiary/aromatic N) is 2. The van der Waals surface area contributed by atoms with Gasteiger partial charge < -0.3 is 25.1 Å². The number of carbonyl (C=O) groups is 1. The number of benzene rings is 1. The number of hydrogen-bond donors (Lipinski definition) is 3. The summed E-state index contributed by atoms with van der Waals surface area (Å²) in [5.41, 5.74) is -3.65. The number of carbonyl (C=O) groups excluding carboxylic acids is 1. The second-order valence-electron chi connectivity index (χ2n) is 8.82. The highest BCUT2D eigenvalue weighted by atomic mass is 19.4. The zero-order valence-electron chi connectivity index (χ0n) is 19.6. The van der Waals surface area contributed by atoms with Crippen molar-refractivity contribution in [2.45, 2.75) is 18.4 Å². The maximum atomic E-state index is 15.2. The molecule has 3 aromatic rings. The molecule has 0 bridgehead atoms. The van der Waals surface area contributed by atoms with Crippen molar-refractivity contribution in [2.24, 2.45) is 0 Å². The number of aromatic nitrogens is 2. The summed E-state index contributed by atoms with van der Waals surface area (Å²) >= 11 is 0. The summed E-state index contributed by atoms with van der Waals surface area (Å²) in [6, 6.07) is 4.47. The van der Waals surface area contributed by atoms with Gasteiger partial charge in [0.1, 0.15) is 12.0 Å². The average molecular weight is 523 g/mol. The first-order valence-corrected chi connectivity index (χ1v) is 11.0. The fourth-order valence-electron chi connectivity index (χ4n) is 4.24. The van der Waals surface area contributed by atoms with E-state index < -0.39 is 52.4 Å². The van der Waals surface area contributed by atoms with Crippen molar-refractivity contribution in [1.82, 2.24) is 14.9 Å². The molecule has 1 aromatic carbocycles. The Morgan fingerprint density at radius 1 is 1.05 bits per heavy atom. The number of pyridine rings is 2. The van der Waals surface area contributed by atoms with E-state index in [1.165, 1.54) is 23.2 Å². The first kappa shape index (κ1) is 26.1. The first-order chi connectivity index (χ1) is 17.3. The average Bonchev–Trinajstić information content (AvgIpc) is 3.21. The van der Waals surface area contributed by atoms with Gasteiger partial charge in [0, 0.05) is 42.2 Å². The molecule has 1 amide bonds. The number of aromatic amines is 2. The molecular weight excluding hydrogens is 501 g/mol. The number of H-pyrrole nitrogens is 2. The zero-order chi connectivity index (χ0) is 27.1. The molecule has 13 heteroatoms. The van der Waals surface area contributed by atoms with Crippen LogP contribution < -0.4 is 21.3 Å². The molecule has 196 valence electrons. The van der Waals surface area contributed by atoms with E-state index in [1.807, 2.05) is 4.98 Å². The number of nitrogens with one attached hydrogen (secondary N) is 3. The lowest BCUT2D eigenvalue weighted by Gasteiger charge is -2.25. The minimum atomic E-state index is -5.00. The zero-order valence-corrected chi connectivity index (χ0v) is 19.6. The van der Waals surface area contributed by atoms with Crippen molar-refractivity contribution in [2.75, 3.05) is 37.4 Å². The fourth-order valence-corrected chi connectivity index (χ4v) is 4.24. The van der Waals surface area contributed by atoms with Gasteiger partial charge in [-0.05, 0) is 32.3 Å². The summed E-state index contributed by atoms with van der Waals surface area (Å²) in [4.78, 5) is 43.5. The predicted molar refractivity (Wildman–Crippen MR) is 127 cm³/mol. The Balaban J connectivity index is 1.81. The van der Waals surface area contributed by atoms with Crippen LogP contribution in [0.25, 0.3) is 11.1 Å². The molecule has 1 aliphatic heterocycles. The second-order valence-corrected chi connectivity index (χ2v) is 8.82. The normalized spacial score (nSPS) is 17.9. The molecule has 2 aromatic heterocycles. The van der Waals surface area contributed by atoms with Crippen LogP contribution in [0.5, 0.6) is 0 Å². The summed E-state index contributed by atoms with van der Waals surface area (Å²) in [5, 5.41) is 2.37. The van der Waals surface area contributed by atoms with Crippen LogP contribution in [0, 0.1) is 5.82 Å². The summed E-state index contributed by atoms with van der Waals surface area (Å²) in [5.74, 6) is -1.98. The Hall–Kier alpha value is -4.00. The molecule has 1 saturated heterocycles. The quantitative estimate of drug-likeness (QED) is 0.446. The van der Waals surface area contributed by atoms with E-state index in [0.717, 1.165) is 12.1 Å². The predicted octanol–water partition coefficient (Wildman–Crippen LogP) is 3.23. The molecule has 2 atom stereocenters. The van der Waals surface area contributed by atoms with Gasteiger partial charge in [0.05, 0.1) is 35.1 Å². The van der Waals surface area contributed by atoms with E-state index in [4.69, 9.17) is 0 Å². The smallest absolute Gasteiger partial charge is 0.365 e. The lowest BCUT2D eigenvalue weighted by molar-refractivity contribution is -0.138. The molecule has 1 fully saturated rings. The fraction of sp³-hybridized carbons (Fsp3) is 0.292. The van der Waals surface area contributed by atoms with Crippen LogP contribution in [-0.4, -0.2) is 60.2 Å². The lowest BCUT2D eigenvalue weighted by Crippen LogP contribution is -2.36. The maximum Gasteiger partial charge on any atom is 0.417 e. The summed E-state index contributed by atoms with van der Waals surface area (Å²) in [7, 11) is 3.36. The number of anilines is 2. The van der Waals surface area contributed by atoms with Crippen LogP contribution in [0.4, 0.5) is 33.3 Å². The highest BCUT2D eigenvalue weighted by molar-refractivity contribution is 6.07. The molecule has 2 unspecified atom stereocenters. The number of amides is 1. The van der Waals surface area contributed by atoms with Gasteiger partial charge in [-0.15, -0.1) is 0 Å². The van der Waals surface area contributed by atoms with E-state index in [2.05, 4.69) is 10.3 Å². The first-order valence-electron chi connectivity index (χ1n) is 11.0. The van der Waals surface area contributed by atoms with E-state index in [1.54, 1.807) is 19.0 Å². The number of alkyl halides is 4. The van der Waals surface area contributed by atoms with Gasteiger partial charge in [0.15, 0.2) is 0 Å². The van der Waals surface area contributed by atoms with Crippen LogP contribution in [-0.2, 0) is 6.18 Å². The minimum Gasteiger partial charge on any atom is -0.365 e. The third-order valence-corrected chi connectivity index (χ3v) is 6.13. The number of hydrogen-bond acceptors (Lipinski definition) is 5. The Kier molecular flexibility index (Phi) is 6.91. The van der Waals surface area contributed by atoms with Crippen molar-refractivity contribution in [3.63, 3.8) is 0 Å². The highest BCUT2D eigenvalue weighted by Crippen LogP contribution is 2.37. The van der Waals surface area contributed by atoms with Gasteiger partial charge in [0.25, 0.3) is 5.91 Å². The third-order valence-electron chi connectivity index (χ3n) is 6.13.